The van der Waals surface area contributed by atoms with Gasteiger partial charge in [-0.25, -0.2) is 0 Å². The molecule has 0 saturated carbocycles. The number of aryl methyl sites for hydroxylation is 1. The molecule has 1 aliphatic rings. The Balaban J connectivity index is 1.70. The Bertz CT molecular complexity index is 712. The molecular formula is C17H21N3O2. The van der Waals surface area contributed by atoms with Gasteiger partial charge in [0.05, 0.1) is 6.42 Å². The third kappa shape index (κ3) is 2.71. The third-order valence-corrected chi connectivity index (χ3v) is 4.40. The molecule has 0 spiro atoms. The first-order valence-electron chi connectivity index (χ1n) is 7.62. The number of aromatic nitrogens is 1. The predicted molar refractivity (Wildman–Crippen MR) is 85.5 cm³/mol. The standard InChI is InChI=1S/C17H21N3O2/c1-13(21)19-7-9-20(10-8-19)17(22)11-14-12-18(2)16-6-4-3-5-15(14)16/h3-6,12H,7-11H2,1-2H3. The highest BCUT2D eigenvalue weighted by atomic mass is 16.2. The topological polar surface area (TPSA) is 45.6 Å². The summed E-state index contributed by atoms with van der Waals surface area (Å²) in [5.74, 6) is 0.223. The average molecular weight is 299 g/mol. The first-order valence-corrected chi connectivity index (χ1v) is 7.62. The van der Waals surface area contributed by atoms with Gasteiger partial charge < -0.3 is 14.4 Å². The van der Waals surface area contributed by atoms with E-state index in [1.54, 1.807) is 11.8 Å². The van der Waals surface area contributed by atoms with E-state index in [2.05, 4.69) is 16.7 Å². The molecule has 3 rings (SSSR count). The number of amides is 2. The predicted octanol–water partition coefficient (Wildman–Crippen LogP) is 1.41. The summed E-state index contributed by atoms with van der Waals surface area (Å²) >= 11 is 0. The summed E-state index contributed by atoms with van der Waals surface area (Å²) in [6, 6.07) is 8.14. The Morgan fingerprint density at radius 1 is 1.05 bits per heavy atom. The number of carbonyl (C=O) groups is 2. The summed E-state index contributed by atoms with van der Waals surface area (Å²) in [6.07, 6.45) is 2.45. The first kappa shape index (κ1) is 14.6. The molecule has 0 radical (unpaired) electrons. The molecule has 2 amide bonds. The first-order chi connectivity index (χ1) is 10.6. The molecule has 2 aromatic rings. The van der Waals surface area contributed by atoms with Crippen molar-refractivity contribution in [2.45, 2.75) is 13.3 Å². The second kappa shape index (κ2) is 5.83. The molecule has 1 aliphatic heterocycles. The maximum absolute atomic E-state index is 12.5. The van der Waals surface area contributed by atoms with Gasteiger partial charge >= 0.3 is 0 Å². The lowest BCUT2D eigenvalue weighted by molar-refractivity contribution is -0.137. The number of rotatable bonds is 2. The van der Waals surface area contributed by atoms with E-state index in [9.17, 15) is 9.59 Å². The van der Waals surface area contributed by atoms with Crippen molar-refractivity contribution < 1.29 is 9.59 Å². The lowest BCUT2D eigenvalue weighted by Crippen LogP contribution is -2.50. The molecule has 0 aliphatic carbocycles. The Kier molecular flexibility index (Phi) is 3.88. The van der Waals surface area contributed by atoms with Crippen LogP contribution < -0.4 is 0 Å². The van der Waals surface area contributed by atoms with Crippen LogP contribution in [0.2, 0.25) is 0 Å². The smallest absolute Gasteiger partial charge is 0.227 e. The number of hydrogen-bond donors (Lipinski definition) is 0. The molecule has 1 fully saturated rings. The summed E-state index contributed by atoms with van der Waals surface area (Å²) in [7, 11) is 2.00. The van der Waals surface area contributed by atoms with Crippen LogP contribution in [0.5, 0.6) is 0 Å². The van der Waals surface area contributed by atoms with Crippen molar-refractivity contribution in [2.75, 3.05) is 26.2 Å². The molecular weight excluding hydrogens is 278 g/mol. The molecule has 5 nitrogen and oxygen atoms in total. The van der Waals surface area contributed by atoms with Crippen molar-refractivity contribution in [1.82, 2.24) is 14.4 Å². The van der Waals surface area contributed by atoms with Gasteiger partial charge in [-0.15, -0.1) is 0 Å². The van der Waals surface area contributed by atoms with Crippen LogP contribution in [-0.2, 0) is 23.1 Å². The Labute approximate surface area is 130 Å². The number of para-hydroxylation sites is 1. The average Bonchev–Trinajstić information content (AvgIpc) is 2.84. The van der Waals surface area contributed by atoms with Crippen LogP contribution in [0.1, 0.15) is 12.5 Å². The molecule has 116 valence electrons. The minimum atomic E-state index is 0.0844. The van der Waals surface area contributed by atoms with Crippen LogP contribution in [0.3, 0.4) is 0 Å². The molecule has 22 heavy (non-hydrogen) atoms. The second-order valence-electron chi connectivity index (χ2n) is 5.85. The molecule has 0 bridgehead atoms. The maximum Gasteiger partial charge on any atom is 0.227 e. The van der Waals surface area contributed by atoms with Gasteiger partial charge in [-0.1, -0.05) is 18.2 Å². The fraction of sp³-hybridized carbons (Fsp3) is 0.412. The van der Waals surface area contributed by atoms with E-state index in [4.69, 9.17) is 0 Å². The van der Waals surface area contributed by atoms with Crippen molar-refractivity contribution in [3.63, 3.8) is 0 Å². The number of carbonyl (C=O) groups excluding carboxylic acids is 2. The van der Waals surface area contributed by atoms with Crippen LogP contribution in [0.25, 0.3) is 10.9 Å². The normalized spacial score (nSPS) is 15.4. The SMILES string of the molecule is CC(=O)N1CCN(C(=O)Cc2cn(C)c3ccccc23)CC1. The minimum Gasteiger partial charge on any atom is -0.350 e. The van der Waals surface area contributed by atoms with E-state index in [0.29, 0.717) is 32.6 Å². The van der Waals surface area contributed by atoms with E-state index in [1.807, 2.05) is 30.3 Å². The minimum absolute atomic E-state index is 0.0844. The van der Waals surface area contributed by atoms with Gasteiger partial charge in [-0.2, -0.15) is 0 Å². The molecule has 0 atom stereocenters. The summed E-state index contributed by atoms with van der Waals surface area (Å²) in [5.41, 5.74) is 2.21. The molecule has 1 aromatic carbocycles. The molecule has 0 N–H and O–H groups in total. The van der Waals surface area contributed by atoms with E-state index in [1.165, 1.54) is 0 Å². The number of nitrogens with zero attached hydrogens (tertiary/aromatic N) is 3. The monoisotopic (exact) mass is 299 g/mol. The van der Waals surface area contributed by atoms with E-state index in [0.717, 1.165) is 16.5 Å². The van der Waals surface area contributed by atoms with Crippen LogP contribution in [-0.4, -0.2) is 52.4 Å². The molecule has 1 aromatic heterocycles. The fourth-order valence-electron chi connectivity index (χ4n) is 3.11. The van der Waals surface area contributed by atoms with Crippen molar-refractivity contribution in [3.05, 3.63) is 36.0 Å². The highest BCUT2D eigenvalue weighted by Crippen LogP contribution is 2.21. The van der Waals surface area contributed by atoms with Gasteiger partial charge in [0.1, 0.15) is 0 Å². The molecule has 5 heteroatoms. The van der Waals surface area contributed by atoms with Crippen molar-refractivity contribution in [1.29, 1.82) is 0 Å². The quantitative estimate of drug-likeness (QED) is 0.842. The van der Waals surface area contributed by atoms with Crippen LogP contribution in [0.15, 0.2) is 30.5 Å². The summed E-state index contributed by atoms with van der Waals surface area (Å²) in [4.78, 5) is 27.5. The largest absolute Gasteiger partial charge is 0.350 e. The molecule has 1 saturated heterocycles. The number of fused-ring (bicyclic) bond motifs is 1. The third-order valence-electron chi connectivity index (χ3n) is 4.40. The zero-order valence-electron chi connectivity index (χ0n) is 13.1. The van der Waals surface area contributed by atoms with Crippen molar-refractivity contribution in [2.24, 2.45) is 7.05 Å². The molecule has 0 unspecified atom stereocenters. The number of piperazine rings is 1. The Morgan fingerprint density at radius 2 is 1.68 bits per heavy atom. The van der Waals surface area contributed by atoms with Gasteiger partial charge in [0, 0.05) is 57.3 Å². The van der Waals surface area contributed by atoms with Gasteiger partial charge in [0.2, 0.25) is 11.8 Å². The summed E-state index contributed by atoms with van der Waals surface area (Å²) in [6.45, 7) is 4.10. The molecule has 2 heterocycles. The fourth-order valence-corrected chi connectivity index (χ4v) is 3.11. The lowest BCUT2D eigenvalue weighted by atomic mass is 10.1. The Morgan fingerprint density at radius 3 is 2.36 bits per heavy atom. The van der Waals surface area contributed by atoms with E-state index >= 15 is 0 Å². The highest BCUT2D eigenvalue weighted by molar-refractivity contribution is 5.89. The summed E-state index contributed by atoms with van der Waals surface area (Å²) in [5, 5.41) is 1.14. The zero-order chi connectivity index (χ0) is 15.7. The lowest BCUT2D eigenvalue weighted by Gasteiger charge is -2.34. The van der Waals surface area contributed by atoms with Crippen molar-refractivity contribution >= 4 is 22.7 Å². The van der Waals surface area contributed by atoms with E-state index < -0.39 is 0 Å². The maximum atomic E-state index is 12.5. The van der Waals surface area contributed by atoms with Crippen LogP contribution >= 0.6 is 0 Å². The number of benzene rings is 1. The summed E-state index contributed by atoms with van der Waals surface area (Å²) < 4.78 is 2.06. The van der Waals surface area contributed by atoms with Crippen LogP contribution in [0.4, 0.5) is 0 Å². The van der Waals surface area contributed by atoms with Gasteiger partial charge in [0.15, 0.2) is 0 Å². The number of hydrogen-bond acceptors (Lipinski definition) is 2. The zero-order valence-corrected chi connectivity index (χ0v) is 13.1. The van der Waals surface area contributed by atoms with E-state index in [-0.39, 0.29) is 11.8 Å². The van der Waals surface area contributed by atoms with Crippen molar-refractivity contribution in [3.8, 4) is 0 Å². The Hall–Kier alpha value is -2.30. The van der Waals surface area contributed by atoms with Crippen LogP contribution in [0, 0.1) is 0 Å². The second-order valence-corrected chi connectivity index (χ2v) is 5.85. The highest BCUT2D eigenvalue weighted by Gasteiger charge is 2.23. The van der Waals surface area contributed by atoms with Gasteiger partial charge in [-0.05, 0) is 11.6 Å². The van der Waals surface area contributed by atoms with Gasteiger partial charge in [-0.3, -0.25) is 9.59 Å². The van der Waals surface area contributed by atoms with Gasteiger partial charge in [0.25, 0.3) is 0 Å².